The first-order valence-electron chi connectivity index (χ1n) is 5.20. The predicted molar refractivity (Wildman–Crippen MR) is 66.7 cm³/mol. The average molecular weight is 290 g/mol. The van der Waals surface area contributed by atoms with Gasteiger partial charge in [0.05, 0.1) is 6.10 Å². The summed E-state index contributed by atoms with van der Waals surface area (Å²) in [4.78, 5) is 0. The Morgan fingerprint density at radius 3 is 2.69 bits per heavy atom. The topological polar surface area (TPSA) is 32.3 Å². The van der Waals surface area contributed by atoms with E-state index in [0.717, 1.165) is 10.0 Å². The van der Waals surface area contributed by atoms with Gasteiger partial charge >= 0.3 is 0 Å². The number of hydrogen-bond acceptors (Lipinski definition) is 2. The van der Waals surface area contributed by atoms with E-state index in [4.69, 9.17) is 0 Å². The molecule has 1 aromatic rings. The Morgan fingerprint density at radius 1 is 1.50 bits per heavy atom. The average Bonchev–Trinajstić information content (AvgIpc) is 2.19. The van der Waals surface area contributed by atoms with E-state index in [0.29, 0.717) is 6.54 Å². The molecule has 0 saturated heterocycles. The van der Waals surface area contributed by atoms with Gasteiger partial charge in [-0.25, -0.2) is 4.39 Å². The normalized spacial score (nSPS) is 13.9. The van der Waals surface area contributed by atoms with Crippen LogP contribution in [0, 0.1) is 5.82 Å². The van der Waals surface area contributed by atoms with Crippen molar-refractivity contribution < 1.29 is 9.50 Å². The summed E-state index contributed by atoms with van der Waals surface area (Å²) in [6.45, 7) is 6.06. The van der Waals surface area contributed by atoms with Crippen LogP contribution in [-0.4, -0.2) is 16.7 Å². The van der Waals surface area contributed by atoms with Crippen LogP contribution in [0.4, 0.5) is 4.39 Å². The maximum Gasteiger partial charge on any atom is 0.123 e. The van der Waals surface area contributed by atoms with E-state index in [1.807, 2.05) is 13.8 Å². The Balaban J connectivity index is 2.71. The van der Waals surface area contributed by atoms with Gasteiger partial charge in [0.15, 0.2) is 0 Å². The standard InChI is InChI=1S/C12H17BrFNO/c1-8(16)12(2,3)15-7-9-6-10(14)4-5-11(9)13/h4-6,8,15-16H,7H2,1-3H3. The van der Waals surface area contributed by atoms with Crippen molar-refractivity contribution in [3.63, 3.8) is 0 Å². The Kier molecular flexibility index (Phi) is 4.47. The van der Waals surface area contributed by atoms with Gasteiger partial charge in [0.1, 0.15) is 5.82 Å². The molecule has 16 heavy (non-hydrogen) atoms. The summed E-state index contributed by atoms with van der Waals surface area (Å²) in [5.41, 5.74) is 0.444. The smallest absolute Gasteiger partial charge is 0.123 e. The highest BCUT2D eigenvalue weighted by Gasteiger charge is 2.23. The minimum atomic E-state index is -0.472. The molecule has 1 unspecified atom stereocenters. The van der Waals surface area contributed by atoms with Crippen LogP contribution in [0.3, 0.4) is 0 Å². The molecule has 0 amide bonds. The largest absolute Gasteiger partial charge is 0.392 e. The molecule has 0 aromatic heterocycles. The van der Waals surface area contributed by atoms with Gasteiger partial charge in [0, 0.05) is 16.6 Å². The van der Waals surface area contributed by atoms with Crippen molar-refractivity contribution in [2.75, 3.05) is 0 Å². The number of halogens is 2. The highest BCUT2D eigenvalue weighted by Crippen LogP contribution is 2.19. The van der Waals surface area contributed by atoms with Crippen molar-refractivity contribution in [3.8, 4) is 0 Å². The second-order valence-electron chi connectivity index (χ2n) is 4.49. The quantitative estimate of drug-likeness (QED) is 0.893. The molecule has 4 heteroatoms. The summed E-state index contributed by atoms with van der Waals surface area (Å²) in [6, 6.07) is 4.57. The highest BCUT2D eigenvalue weighted by atomic mass is 79.9. The molecule has 0 radical (unpaired) electrons. The van der Waals surface area contributed by atoms with Crippen molar-refractivity contribution in [1.29, 1.82) is 0 Å². The van der Waals surface area contributed by atoms with Crippen molar-refractivity contribution in [2.24, 2.45) is 0 Å². The summed E-state index contributed by atoms with van der Waals surface area (Å²) >= 11 is 3.37. The van der Waals surface area contributed by atoms with E-state index < -0.39 is 11.6 Å². The number of benzene rings is 1. The third-order valence-corrected chi connectivity index (χ3v) is 3.56. The zero-order valence-corrected chi connectivity index (χ0v) is 11.3. The summed E-state index contributed by atoms with van der Waals surface area (Å²) in [7, 11) is 0. The van der Waals surface area contributed by atoms with Crippen LogP contribution in [0.15, 0.2) is 22.7 Å². The Bertz CT molecular complexity index is 366. The first-order valence-corrected chi connectivity index (χ1v) is 5.99. The van der Waals surface area contributed by atoms with Gasteiger partial charge in [0.2, 0.25) is 0 Å². The van der Waals surface area contributed by atoms with E-state index in [-0.39, 0.29) is 5.82 Å². The van der Waals surface area contributed by atoms with Crippen molar-refractivity contribution in [3.05, 3.63) is 34.1 Å². The van der Waals surface area contributed by atoms with Gasteiger partial charge in [-0.3, -0.25) is 0 Å². The zero-order chi connectivity index (χ0) is 12.3. The zero-order valence-electron chi connectivity index (χ0n) is 9.72. The molecule has 2 N–H and O–H groups in total. The van der Waals surface area contributed by atoms with Crippen LogP contribution in [0.1, 0.15) is 26.3 Å². The van der Waals surface area contributed by atoms with E-state index in [1.54, 1.807) is 13.0 Å². The second kappa shape index (κ2) is 5.25. The van der Waals surface area contributed by atoms with Crippen molar-refractivity contribution in [2.45, 2.75) is 39.0 Å². The van der Waals surface area contributed by atoms with Crippen LogP contribution < -0.4 is 5.32 Å². The fourth-order valence-electron chi connectivity index (χ4n) is 1.15. The Morgan fingerprint density at radius 2 is 2.12 bits per heavy atom. The fraction of sp³-hybridized carbons (Fsp3) is 0.500. The third kappa shape index (κ3) is 3.54. The molecule has 1 atom stereocenters. The van der Waals surface area contributed by atoms with E-state index in [2.05, 4.69) is 21.2 Å². The molecule has 0 fully saturated rings. The molecule has 0 spiro atoms. The van der Waals surface area contributed by atoms with Gasteiger partial charge in [-0.05, 0) is 44.5 Å². The molecule has 0 aliphatic carbocycles. The van der Waals surface area contributed by atoms with Gasteiger partial charge in [-0.1, -0.05) is 15.9 Å². The van der Waals surface area contributed by atoms with Crippen LogP contribution in [-0.2, 0) is 6.54 Å². The third-order valence-electron chi connectivity index (χ3n) is 2.79. The number of rotatable bonds is 4. The molecule has 0 saturated carbocycles. The Labute approximate surface area is 104 Å². The van der Waals surface area contributed by atoms with E-state index in [9.17, 15) is 9.50 Å². The lowest BCUT2D eigenvalue weighted by Gasteiger charge is -2.29. The highest BCUT2D eigenvalue weighted by molar-refractivity contribution is 9.10. The summed E-state index contributed by atoms with van der Waals surface area (Å²) < 4.78 is 13.9. The van der Waals surface area contributed by atoms with Crippen LogP contribution >= 0.6 is 15.9 Å². The van der Waals surface area contributed by atoms with E-state index in [1.165, 1.54) is 12.1 Å². The molecule has 0 aliphatic rings. The molecule has 1 aromatic carbocycles. The van der Waals surface area contributed by atoms with Gasteiger partial charge in [-0.2, -0.15) is 0 Å². The summed E-state index contributed by atoms with van der Waals surface area (Å²) in [5.74, 6) is -0.255. The predicted octanol–water partition coefficient (Wildman–Crippen LogP) is 2.84. The monoisotopic (exact) mass is 289 g/mol. The maximum absolute atomic E-state index is 13.0. The molecule has 90 valence electrons. The molecule has 0 bridgehead atoms. The van der Waals surface area contributed by atoms with Crippen LogP contribution in [0.5, 0.6) is 0 Å². The van der Waals surface area contributed by atoms with Crippen molar-refractivity contribution in [1.82, 2.24) is 5.32 Å². The lowest BCUT2D eigenvalue weighted by atomic mass is 9.98. The first-order chi connectivity index (χ1) is 7.33. The lowest BCUT2D eigenvalue weighted by Crippen LogP contribution is -2.47. The van der Waals surface area contributed by atoms with Crippen molar-refractivity contribution >= 4 is 15.9 Å². The molecule has 2 nitrogen and oxygen atoms in total. The van der Waals surface area contributed by atoms with Crippen LogP contribution in [0.25, 0.3) is 0 Å². The number of aliphatic hydroxyl groups excluding tert-OH is 1. The first kappa shape index (κ1) is 13.6. The molecule has 0 heterocycles. The molecular weight excluding hydrogens is 273 g/mol. The molecule has 0 aliphatic heterocycles. The lowest BCUT2D eigenvalue weighted by molar-refractivity contribution is 0.0956. The van der Waals surface area contributed by atoms with E-state index >= 15 is 0 Å². The van der Waals surface area contributed by atoms with Gasteiger partial charge in [-0.15, -0.1) is 0 Å². The summed E-state index contributed by atoms with van der Waals surface area (Å²) in [6.07, 6.45) is -0.472. The minimum Gasteiger partial charge on any atom is -0.392 e. The minimum absolute atomic E-state index is 0.255. The molecular formula is C12H17BrFNO. The fourth-order valence-corrected chi connectivity index (χ4v) is 1.54. The molecule has 1 rings (SSSR count). The van der Waals surface area contributed by atoms with Gasteiger partial charge < -0.3 is 10.4 Å². The SMILES string of the molecule is CC(O)C(C)(C)NCc1cc(F)ccc1Br. The van der Waals surface area contributed by atoms with Crippen LogP contribution in [0.2, 0.25) is 0 Å². The maximum atomic E-state index is 13.0. The number of hydrogen-bond donors (Lipinski definition) is 2. The number of nitrogens with one attached hydrogen (secondary N) is 1. The Hall–Kier alpha value is -0.450. The van der Waals surface area contributed by atoms with Gasteiger partial charge in [0.25, 0.3) is 0 Å². The summed E-state index contributed by atoms with van der Waals surface area (Å²) in [5, 5.41) is 12.7. The number of aliphatic hydroxyl groups is 1. The second-order valence-corrected chi connectivity index (χ2v) is 5.34.